The molecule has 0 unspecified atom stereocenters. The van der Waals surface area contributed by atoms with Crippen LogP contribution < -0.4 is 4.74 Å². The number of alkyl halides is 2. The zero-order valence-electron chi connectivity index (χ0n) is 8.59. The van der Waals surface area contributed by atoms with E-state index < -0.39 is 0 Å². The van der Waals surface area contributed by atoms with Gasteiger partial charge in [-0.15, -0.1) is 0 Å². The van der Waals surface area contributed by atoms with Gasteiger partial charge in [-0.05, 0) is 30.2 Å². The van der Waals surface area contributed by atoms with Crippen molar-refractivity contribution in [2.45, 2.75) is 17.1 Å². The van der Waals surface area contributed by atoms with Gasteiger partial charge >= 0.3 is 0 Å². The van der Waals surface area contributed by atoms with Crippen molar-refractivity contribution in [3.05, 3.63) is 29.3 Å². The minimum atomic E-state index is -0.330. The quantitative estimate of drug-likeness (QED) is 0.621. The number of ether oxygens (including phenoxy) is 1. The number of methoxy groups -OCH3 is 1. The average molecular weight is 336 g/mol. The van der Waals surface area contributed by atoms with Crippen molar-refractivity contribution in [3.63, 3.8) is 0 Å². The number of carbonyl (C=O) groups excluding carboxylic acids is 1. The van der Waals surface area contributed by atoms with Crippen molar-refractivity contribution in [1.29, 1.82) is 0 Å². The second kappa shape index (κ2) is 5.66. The molecule has 4 heteroatoms. The summed E-state index contributed by atoms with van der Waals surface area (Å²) in [5, 5.41) is 0. The van der Waals surface area contributed by atoms with Gasteiger partial charge in [0.15, 0.2) is 5.78 Å². The van der Waals surface area contributed by atoms with Crippen molar-refractivity contribution in [2.24, 2.45) is 0 Å². The maximum Gasteiger partial charge on any atom is 0.187 e. The molecule has 2 nitrogen and oxygen atoms in total. The van der Waals surface area contributed by atoms with E-state index in [-0.39, 0.29) is 9.52 Å². The molecule has 0 spiro atoms. The molecule has 1 rings (SSSR count). The third-order valence-corrected chi connectivity index (χ3v) is 2.98. The normalized spacial score (nSPS) is 10.5. The van der Waals surface area contributed by atoms with Crippen LogP contribution in [0, 0.1) is 0 Å². The van der Waals surface area contributed by atoms with Crippen LogP contribution in [0.4, 0.5) is 0 Å². The van der Waals surface area contributed by atoms with Crippen molar-refractivity contribution < 1.29 is 9.53 Å². The molecule has 0 N–H and O–H groups in total. The molecule has 0 saturated carbocycles. The third kappa shape index (κ3) is 3.05. The summed E-state index contributed by atoms with van der Waals surface area (Å²) in [6, 6.07) is 5.47. The van der Waals surface area contributed by atoms with Gasteiger partial charge in [0, 0.05) is 5.56 Å². The van der Waals surface area contributed by atoms with E-state index in [1.807, 2.05) is 19.1 Å². The fraction of sp³-hybridized carbons (Fsp3) is 0.364. The third-order valence-electron chi connectivity index (χ3n) is 2.14. The predicted molar refractivity (Wildman–Crippen MR) is 68.3 cm³/mol. The second-order valence-corrected chi connectivity index (χ2v) is 6.11. The predicted octanol–water partition coefficient (Wildman–Crippen LogP) is 3.56. The molecule has 0 aliphatic carbocycles. The van der Waals surface area contributed by atoms with E-state index in [9.17, 15) is 4.79 Å². The van der Waals surface area contributed by atoms with Crippen molar-refractivity contribution >= 4 is 37.6 Å². The lowest BCUT2D eigenvalue weighted by molar-refractivity contribution is 0.101. The molecule has 0 aliphatic rings. The summed E-state index contributed by atoms with van der Waals surface area (Å²) >= 11 is 6.39. The molecule has 0 saturated heterocycles. The molecule has 1 aromatic rings. The van der Waals surface area contributed by atoms with Crippen molar-refractivity contribution in [2.75, 3.05) is 7.11 Å². The Balaban J connectivity index is 3.08. The van der Waals surface area contributed by atoms with E-state index >= 15 is 0 Å². The Kier molecular flexibility index (Phi) is 4.80. The van der Waals surface area contributed by atoms with Crippen LogP contribution in [0.1, 0.15) is 22.8 Å². The average Bonchev–Trinajstić information content (AvgIpc) is 2.26. The maximum absolute atomic E-state index is 11.7. The first-order chi connectivity index (χ1) is 7.10. The summed E-state index contributed by atoms with van der Waals surface area (Å²) in [5.41, 5.74) is 1.73. The highest BCUT2D eigenvalue weighted by Gasteiger charge is 2.14. The first-order valence-electron chi connectivity index (χ1n) is 4.59. The Morgan fingerprint density at radius 2 is 2.13 bits per heavy atom. The molecule has 0 radical (unpaired) electrons. The van der Waals surface area contributed by atoms with E-state index in [0.29, 0.717) is 5.56 Å². The first kappa shape index (κ1) is 12.7. The number of halogens is 2. The lowest BCUT2D eigenvalue weighted by Crippen LogP contribution is -2.07. The summed E-state index contributed by atoms with van der Waals surface area (Å²) < 4.78 is 4.87. The molecule has 0 amide bonds. The minimum absolute atomic E-state index is 0.0207. The zero-order valence-corrected chi connectivity index (χ0v) is 11.8. The van der Waals surface area contributed by atoms with Gasteiger partial charge in [0.25, 0.3) is 0 Å². The molecule has 0 bridgehead atoms. The summed E-state index contributed by atoms with van der Waals surface area (Å²) in [7, 11) is 1.63. The topological polar surface area (TPSA) is 26.3 Å². The monoisotopic (exact) mass is 334 g/mol. The van der Waals surface area contributed by atoms with Gasteiger partial charge in [0.05, 0.1) is 7.11 Å². The van der Waals surface area contributed by atoms with E-state index in [0.717, 1.165) is 17.7 Å². The van der Waals surface area contributed by atoms with Crippen LogP contribution in [0.2, 0.25) is 0 Å². The largest absolute Gasteiger partial charge is 0.496 e. The molecular formula is C11H12Br2O2. The van der Waals surface area contributed by atoms with E-state index in [1.165, 1.54) is 0 Å². The highest BCUT2D eigenvalue weighted by molar-refractivity contribution is 9.25. The van der Waals surface area contributed by atoms with Crippen LogP contribution in [0.3, 0.4) is 0 Å². The van der Waals surface area contributed by atoms with Gasteiger partial charge < -0.3 is 4.74 Å². The Labute approximate surface area is 106 Å². The Hall–Kier alpha value is -0.350. The summed E-state index contributed by atoms with van der Waals surface area (Å²) in [6.07, 6.45) is 0.847. The van der Waals surface area contributed by atoms with Gasteiger partial charge in [-0.3, -0.25) is 4.79 Å². The maximum atomic E-state index is 11.7. The molecule has 0 atom stereocenters. The summed E-state index contributed by atoms with van der Waals surface area (Å²) in [6.45, 7) is 2.03. The number of carbonyl (C=O) groups is 1. The van der Waals surface area contributed by atoms with Crippen LogP contribution in [0.15, 0.2) is 18.2 Å². The van der Waals surface area contributed by atoms with Gasteiger partial charge in [0.2, 0.25) is 0 Å². The molecule has 15 heavy (non-hydrogen) atoms. The Morgan fingerprint density at radius 1 is 1.47 bits per heavy atom. The van der Waals surface area contributed by atoms with Crippen LogP contribution in [-0.4, -0.2) is 16.6 Å². The van der Waals surface area contributed by atoms with E-state index in [1.54, 1.807) is 13.2 Å². The highest BCUT2D eigenvalue weighted by Crippen LogP contribution is 2.23. The molecule has 82 valence electrons. The molecule has 0 aromatic heterocycles. The van der Waals surface area contributed by atoms with E-state index in [4.69, 9.17) is 4.74 Å². The van der Waals surface area contributed by atoms with Crippen LogP contribution in [0.25, 0.3) is 0 Å². The number of aryl methyl sites for hydroxylation is 1. The minimum Gasteiger partial charge on any atom is -0.496 e. The zero-order chi connectivity index (χ0) is 11.4. The van der Waals surface area contributed by atoms with Gasteiger partial charge in [-0.25, -0.2) is 0 Å². The number of benzene rings is 1. The number of hydrogen-bond donors (Lipinski definition) is 0. The van der Waals surface area contributed by atoms with Crippen molar-refractivity contribution in [1.82, 2.24) is 0 Å². The van der Waals surface area contributed by atoms with E-state index in [2.05, 4.69) is 31.9 Å². The number of rotatable bonds is 4. The van der Waals surface area contributed by atoms with Gasteiger partial charge in [-0.1, -0.05) is 38.8 Å². The summed E-state index contributed by atoms with van der Waals surface area (Å²) in [4.78, 5) is 11.7. The lowest BCUT2D eigenvalue weighted by Gasteiger charge is -2.09. The molecule has 0 aliphatic heterocycles. The number of ketones is 1. The smallest absolute Gasteiger partial charge is 0.187 e. The molecular weight excluding hydrogens is 324 g/mol. The Bertz CT molecular complexity index is 362. The Morgan fingerprint density at radius 3 is 2.60 bits per heavy atom. The first-order valence-corrected chi connectivity index (χ1v) is 6.42. The van der Waals surface area contributed by atoms with Crippen LogP contribution in [0.5, 0.6) is 5.75 Å². The second-order valence-electron chi connectivity index (χ2n) is 3.05. The van der Waals surface area contributed by atoms with Crippen LogP contribution >= 0.6 is 31.9 Å². The molecule has 0 fully saturated rings. The highest BCUT2D eigenvalue weighted by atomic mass is 79.9. The number of hydrogen-bond acceptors (Lipinski definition) is 2. The van der Waals surface area contributed by atoms with Crippen molar-refractivity contribution in [3.8, 4) is 5.75 Å². The van der Waals surface area contributed by atoms with Crippen LogP contribution in [-0.2, 0) is 6.42 Å². The fourth-order valence-corrected chi connectivity index (χ4v) is 1.86. The lowest BCUT2D eigenvalue weighted by atomic mass is 10.1. The van der Waals surface area contributed by atoms with Gasteiger partial charge in [-0.2, -0.15) is 0 Å². The number of Topliss-reactive ketones (excluding diaryl/α,β-unsaturated/α-hetero) is 1. The fourth-order valence-electron chi connectivity index (χ4n) is 1.33. The molecule has 1 aromatic carbocycles. The molecule has 0 heterocycles. The summed E-state index contributed by atoms with van der Waals surface area (Å²) in [5.74, 6) is 0.849. The standard InChI is InChI=1S/C11H12Br2O2/c1-3-7-6-8(10(14)11(12)13)4-5-9(7)15-2/h4-6,11H,3H2,1-2H3. The van der Waals surface area contributed by atoms with Gasteiger partial charge in [0.1, 0.15) is 9.49 Å². The SMILES string of the molecule is CCc1cc(C(=O)C(Br)Br)ccc1OC.